The lowest BCUT2D eigenvalue weighted by Gasteiger charge is -2.07. The molecule has 0 amide bonds. The van der Waals surface area contributed by atoms with Gasteiger partial charge in [-0.2, -0.15) is 0 Å². The average molecular weight is 250 g/mol. The fourth-order valence-corrected chi connectivity index (χ4v) is 1.25. The highest BCUT2D eigenvalue weighted by molar-refractivity contribution is 5.72. The number of halogens is 3. The summed E-state index contributed by atoms with van der Waals surface area (Å²) in [5, 5.41) is 18.9. The third-order valence-electron chi connectivity index (χ3n) is 1.87. The number of carboxylic acids is 1. The van der Waals surface area contributed by atoms with Crippen LogP contribution in [0.25, 0.3) is 0 Å². The van der Waals surface area contributed by atoms with Gasteiger partial charge in [-0.25, -0.2) is 13.2 Å². The van der Waals surface area contributed by atoms with Crippen LogP contribution in [-0.4, -0.2) is 21.0 Å². The van der Waals surface area contributed by atoms with Crippen LogP contribution in [0, 0.1) is 15.9 Å². The SMILES string of the molecule is O=C(O)Cc1c([N+](=O)[O-])ncc(F)c1C(F)F. The summed E-state index contributed by atoms with van der Waals surface area (Å²) in [6.07, 6.45) is -4.18. The molecule has 0 radical (unpaired) electrons. The monoisotopic (exact) mass is 250 g/mol. The van der Waals surface area contributed by atoms with Gasteiger partial charge < -0.3 is 15.2 Å². The van der Waals surface area contributed by atoms with Crippen LogP contribution in [0.15, 0.2) is 6.20 Å². The quantitative estimate of drug-likeness (QED) is 0.648. The second kappa shape index (κ2) is 4.76. The highest BCUT2D eigenvalue weighted by atomic mass is 19.3. The number of aliphatic carboxylic acids is 1. The number of hydrogen-bond donors (Lipinski definition) is 1. The fourth-order valence-electron chi connectivity index (χ4n) is 1.25. The molecule has 0 bridgehead atoms. The molecule has 6 nitrogen and oxygen atoms in total. The maximum absolute atomic E-state index is 13.0. The van der Waals surface area contributed by atoms with Crippen molar-refractivity contribution in [3.8, 4) is 0 Å². The van der Waals surface area contributed by atoms with E-state index in [1.165, 1.54) is 0 Å². The molecule has 1 aromatic rings. The Labute approximate surface area is 91.9 Å². The van der Waals surface area contributed by atoms with E-state index in [2.05, 4.69) is 4.98 Å². The summed E-state index contributed by atoms with van der Waals surface area (Å²) in [5.74, 6) is -4.15. The maximum atomic E-state index is 13.0. The summed E-state index contributed by atoms with van der Waals surface area (Å²) in [6.45, 7) is 0. The predicted molar refractivity (Wildman–Crippen MR) is 47.1 cm³/mol. The molecule has 0 spiro atoms. The van der Waals surface area contributed by atoms with E-state index in [9.17, 15) is 28.1 Å². The van der Waals surface area contributed by atoms with Gasteiger partial charge in [-0.3, -0.25) is 4.79 Å². The Hall–Kier alpha value is -2.19. The second-order valence-electron chi connectivity index (χ2n) is 2.95. The van der Waals surface area contributed by atoms with E-state index in [1.54, 1.807) is 0 Å². The van der Waals surface area contributed by atoms with Gasteiger partial charge in [0, 0.05) is 0 Å². The van der Waals surface area contributed by atoms with Crippen LogP contribution in [0.1, 0.15) is 17.6 Å². The molecule has 92 valence electrons. The normalized spacial score (nSPS) is 10.6. The topological polar surface area (TPSA) is 93.3 Å². The van der Waals surface area contributed by atoms with Crippen LogP contribution < -0.4 is 0 Å². The maximum Gasteiger partial charge on any atom is 0.367 e. The van der Waals surface area contributed by atoms with E-state index < -0.39 is 46.5 Å². The van der Waals surface area contributed by atoms with Crippen LogP contribution in [0.4, 0.5) is 19.0 Å². The first kappa shape index (κ1) is 12.9. The van der Waals surface area contributed by atoms with E-state index in [1.807, 2.05) is 0 Å². The zero-order valence-corrected chi connectivity index (χ0v) is 8.06. The van der Waals surface area contributed by atoms with Gasteiger partial charge in [0.1, 0.15) is 0 Å². The predicted octanol–water partition coefficient (Wildman–Crippen LogP) is 1.69. The van der Waals surface area contributed by atoms with Crippen LogP contribution in [0.5, 0.6) is 0 Å². The minimum absolute atomic E-state index is 0.269. The van der Waals surface area contributed by atoms with Crippen molar-refractivity contribution in [3.63, 3.8) is 0 Å². The molecule has 9 heteroatoms. The second-order valence-corrected chi connectivity index (χ2v) is 2.95. The highest BCUT2D eigenvalue weighted by Crippen LogP contribution is 2.30. The van der Waals surface area contributed by atoms with Crippen molar-refractivity contribution in [2.75, 3.05) is 0 Å². The van der Waals surface area contributed by atoms with Gasteiger partial charge in [0.05, 0.1) is 17.5 Å². The molecule has 0 unspecified atom stereocenters. The van der Waals surface area contributed by atoms with Crippen LogP contribution >= 0.6 is 0 Å². The summed E-state index contributed by atoms with van der Waals surface area (Å²) < 4.78 is 38.0. The van der Waals surface area contributed by atoms with Crippen LogP contribution in [0.2, 0.25) is 0 Å². The first-order valence-electron chi connectivity index (χ1n) is 4.16. The molecular formula is C8H5F3N2O4. The summed E-state index contributed by atoms with van der Waals surface area (Å²) in [7, 11) is 0. The van der Waals surface area contributed by atoms with Crippen LogP contribution in [-0.2, 0) is 11.2 Å². The smallest absolute Gasteiger partial charge is 0.367 e. The van der Waals surface area contributed by atoms with Gasteiger partial charge >= 0.3 is 11.8 Å². The van der Waals surface area contributed by atoms with Crippen molar-refractivity contribution in [3.05, 3.63) is 33.3 Å². The number of nitro groups is 1. The van der Waals surface area contributed by atoms with Crippen LogP contribution in [0.3, 0.4) is 0 Å². The molecule has 1 N–H and O–H groups in total. The molecule has 0 aliphatic carbocycles. The number of pyridine rings is 1. The molecule has 0 saturated carbocycles. The number of nitrogens with zero attached hydrogens (tertiary/aromatic N) is 2. The van der Waals surface area contributed by atoms with E-state index in [0.29, 0.717) is 0 Å². The van der Waals surface area contributed by atoms with Gasteiger partial charge in [-0.1, -0.05) is 0 Å². The fraction of sp³-hybridized carbons (Fsp3) is 0.250. The third-order valence-corrected chi connectivity index (χ3v) is 1.87. The van der Waals surface area contributed by atoms with Crippen molar-refractivity contribution in [2.45, 2.75) is 12.8 Å². The Kier molecular flexibility index (Phi) is 3.61. The highest BCUT2D eigenvalue weighted by Gasteiger charge is 2.29. The van der Waals surface area contributed by atoms with Gasteiger partial charge in [-0.05, 0) is 9.91 Å². The molecule has 0 saturated heterocycles. The average Bonchev–Trinajstić information content (AvgIpc) is 2.15. The molecular weight excluding hydrogens is 245 g/mol. The standard InChI is InChI=1S/C8H5F3N2O4/c9-4-2-12-8(13(16)17)3(1-5(14)15)6(4)7(10)11/h2,7H,1H2,(H,14,15). The summed E-state index contributed by atoms with van der Waals surface area (Å²) in [4.78, 5) is 22.8. The Morgan fingerprint density at radius 3 is 2.59 bits per heavy atom. The van der Waals surface area contributed by atoms with Crippen molar-refractivity contribution in [1.82, 2.24) is 4.98 Å². The van der Waals surface area contributed by atoms with Gasteiger partial charge in [0.2, 0.25) is 0 Å². The number of carboxylic acid groups (broad SMARTS) is 1. The van der Waals surface area contributed by atoms with E-state index in [-0.39, 0.29) is 6.20 Å². The molecule has 0 aromatic carbocycles. The number of rotatable bonds is 4. The molecule has 0 atom stereocenters. The number of hydrogen-bond acceptors (Lipinski definition) is 4. The largest absolute Gasteiger partial charge is 0.481 e. The first-order chi connectivity index (χ1) is 7.84. The van der Waals surface area contributed by atoms with Gasteiger partial charge in [-0.15, -0.1) is 0 Å². The Bertz CT molecular complexity index is 478. The van der Waals surface area contributed by atoms with Crippen molar-refractivity contribution in [1.29, 1.82) is 0 Å². The minimum Gasteiger partial charge on any atom is -0.481 e. The molecule has 0 aliphatic rings. The Morgan fingerprint density at radius 1 is 1.59 bits per heavy atom. The number of carbonyl (C=O) groups is 1. The Balaban J connectivity index is 3.49. The lowest BCUT2D eigenvalue weighted by molar-refractivity contribution is -0.390. The molecule has 0 aliphatic heterocycles. The summed E-state index contributed by atoms with van der Waals surface area (Å²) in [6, 6.07) is 0. The van der Waals surface area contributed by atoms with Crippen molar-refractivity contribution >= 4 is 11.8 Å². The zero-order chi connectivity index (χ0) is 13.2. The Morgan fingerprint density at radius 2 is 2.18 bits per heavy atom. The lowest BCUT2D eigenvalue weighted by atomic mass is 10.1. The lowest BCUT2D eigenvalue weighted by Crippen LogP contribution is -2.11. The molecule has 0 fully saturated rings. The van der Waals surface area contributed by atoms with Gasteiger partial charge in [0.25, 0.3) is 6.43 Å². The molecule has 1 rings (SSSR count). The van der Waals surface area contributed by atoms with E-state index >= 15 is 0 Å². The van der Waals surface area contributed by atoms with Gasteiger partial charge in [0.15, 0.2) is 12.0 Å². The molecule has 1 aromatic heterocycles. The molecule has 1 heterocycles. The molecule has 17 heavy (non-hydrogen) atoms. The first-order valence-corrected chi connectivity index (χ1v) is 4.16. The zero-order valence-electron chi connectivity index (χ0n) is 8.06. The van der Waals surface area contributed by atoms with E-state index in [0.717, 1.165) is 0 Å². The number of alkyl halides is 2. The third kappa shape index (κ3) is 2.68. The minimum atomic E-state index is -3.36. The summed E-state index contributed by atoms with van der Waals surface area (Å²) >= 11 is 0. The summed E-state index contributed by atoms with van der Waals surface area (Å²) in [5.41, 5.74) is -2.22. The van der Waals surface area contributed by atoms with Crippen molar-refractivity contribution < 1.29 is 28.0 Å². The van der Waals surface area contributed by atoms with Crippen molar-refractivity contribution in [2.24, 2.45) is 0 Å². The number of aromatic nitrogens is 1. The van der Waals surface area contributed by atoms with E-state index in [4.69, 9.17) is 5.11 Å².